The van der Waals surface area contributed by atoms with E-state index in [1.165, 1.54) is 18.4 Å². The average molecular weight is 306 g/mol. The molecule has 0 spiro atoms. The maximum absolute atomic E-state index is 11.8. The molecule has 1 N–H and O–H groups in total. The Bertz CT molecular complexity index is 414. The van der Waals surface area contributed by atoms with Gasteiger partial charge in [0.05, 0.1) is 7.11 Å². The van der Waals surface area contributed by atoms with Gasteiger partial charge < -0.3 is 10.1 Å². The van der Waals surface area contributed by atoms with Crippen molar-refractivity contribution in [1.82, 2.24) is 5.32 Å². The molecule has 0 bridgehead atoms. The summed E-state index contributed by atoms with van der Waals surface area (Å²) in [5, 5.41) is 4.41. The zero-order valence-electron chi connectivity index (χ0n) is 9.17. The lowest BCUT2D eigenvalue weighted by Gasteiger charge is -2.22. The second-order valence-corrected chi connectivity index (χ2v) is 5.44. The summed E-state index contributed by atoms with van der Waals surface area (Å²) in [4.78, 5) is 23.7. The first-order valence-corrected chi connectivity index (χ1v) is 6.19. The van der Waals surface area contributed by atoms with Crippen molar-refractivity contribution >= 4 is 39.1 Å². The van der Waals surface area contributed by atoms with Gasteiger partial charge >= 0.3 is 5.97 Å². The number of hydrogen-bond donors (Lipinski definition) is 1. The fourth-order valence-corrected chi connectivity index (χ4v) is 2.55. The van der Waals surface area contributed by atoms with Gasteiger partial charge in [-0.2, -0.15) is 0 Å². The molecule has 0 fully saturated rings. The fraction of sp³-hybridized carbons (Fsp3) is 0.400. The van der Waals surface area contributed by atoms with Crippen LogP contribution in [0.25, 0.3) is 0 Å². The summed E-state index contributed by atoms with van der Waals surface area (Å²) < 4.78 is 5.32. The number of carbonyl (C=O) groups excluding carboxylic acids is 2. The number of esters is 1. The number of hydrogen-bond acceptors (Lipinski definition) is 4. The zero-order valence-corrected chi connectivity index (χ0v) is 11.6. The third-order valence-corrected chi connectivity index (χ3v) is 3.78. The molecule has 1 rings (SSSR count). The van der Waals surface area contributed by atoms with Crippen LogP contribution in [0.15, 0.2) is 15.9 Å². The molecule has 0 aliphatic carbocycles. The van der Waals surface area contributed by atoms with E-state index < -0.39 is 11.5 Å². The monoisotopic (exact) mass is 305 g/mol. The largest absolute Gasteiger partial charge is 0.467 e. The minimum atomic E-state index is -1.03. The smallest absolute Gasteiger partial charge is 0.330 e. The van der Waals surface area contributed by atoms with Gasteiger partial charge in [-0.1, -0.05) is 0 Å². The molecular formula is C10H12BrNO3S. The molecule has 0 aromatic carbocycles. The lowest BCUT2D eigenvalue weighted by molar-refractivity contribution is -0.146. The van der Waals surface area contributed by atoms with E-state index in [0.29, 0.717) is 4.88 Å². The first-order valence-electron chi connectivity index (χ1n) is 4.52. The second-order valence-electron chi connectivity index (χ2n) is 3.67. The predicted octanol–water partition coefficient (Wildman–Crippen LogP) is 2.19. The first kappa shape index (κ1) is 13.2. The first-order chi connectivity index (χ1) is 7.38. The number of amides is 1. The van der Waals surface area contributed by atoms with Gasteiger partial charge in [-0.15, -0.1) is 11.3 Å². The van der Waals surface area contributed by atoms with Crippen molar-refractivity contribution in [2.45, 2.75) is 19.4 Å². The minimum absolute atomic E-state index is 0.294. The summed E-state index contributed by atoms with van der Waals surface area (Å²) in [6.07, 6.45) is 0. The summed E-state index contributed by atoms with van der Waals surface area (Å²) in [6, 6.07) is 1.78. The zero-order chi connectivity index (χ0) is 12.3. The van der Waals surface area contributed by atoms with Crippen LogP contribution in [0.3, 0.4) is 0 Å². The molecular weight excluding hydrogens is 294 g/mol. The van der Waals surface area contributed by atoms with Crippen molar-refractivity contribution in [3.05, 3.63) is 20.8 Å². The highest BCUT2D eigenvalue weighted by Gasteiger charge is 2.31. The fourth-order valence-electron chi connectivity index (χ4n) is 1.10. The van der Waals surface area contributed by atoms with E-state index in [4.69, 9.17) is 0 Å². The normalized spacial score (nSPS) is 11.0. The third-order valence-electron chi connectivity index (χ3n) is 1.95. The van der Waals surface area contributed by atoms with Crippen LogP contribution >= 0.6 is 27.3 Å². The van der Waals surface area contributed by atoms with E-state index in [1.807, 2.05) is 0 Å². The highest BCUT2D eigenvalue weighted by atomic mass is 79.9. The molecule has 0 saturated carbocycles. The van der Waals surface area contributed by atoms with E-state index >= 15 is 0 Å². The van der Waals surface area contributed by atoms with Crippen molar-refractivity contribution in [1.29, 1.82) is 0 Å². The van der Waals surface area contributed by atoms with Gasteiger partial charge in [-0.3, -0.25) is 4.79 Å². The number of ether oxygens (including phenoxy) is 1. The van der Waals surface area contributed by atoms with E-state index in [-0.39, 0.29) is 5.91 Å². The molecule has 0 atom stereocenters. The standard InChI is InChI=1S/C10H12BrNO3S/c1-10(2,9(14)15-3)12-8(13)7-6(11)4-5-16-7/h4-5H,1-3H3,(H,12,13). The summed E-state index contributed by atoms with van der Waals surface area (Å²) in [5.41, 5.74) is -1.03. The SMILES string of the molecule is COC(=O)C(C)(C)NC(=O)c1sccc1Br. The van der Waals surface area contributed by atoms with Crippen molar-refractivity contribution in [3.63, 3.8) is 0 Å². The van der Waals surface area contributed by atoms with Crippen LogP contribution in [0.4, 0.5) is 0 Å². The Hall–Kier alpha value is -0.880. The quantitative estimate of drug-likeness (QED) is 0.871. The van der Waals surface area contributed by atoms with Crippen LogP contribution in [-0.4, -0.2) is 24.5 Å². The summed E-state index contributed by atoms with van der Waals surface area (Å²) >= 11 is 4.57. The van der Waals surface area contributed by atoms with Crippen LogP contribution in [0.2, 0.25) is 0 Å². The molecule has 0 aliphatic rings. The highest BCUT2D eigenvalue weighted by molar-refractivity contribution is 9.10. The van der Waals surface area contributed by atoms with Gasteiger partial charge in [-0.25, -0.2) is 4.79 Å². The van der Waals surface area contributed by atoms with Crippen molar-refractivity contribution < 1.29 is 14.3 Å². The highest BCUT2D eigenvalue weighted by Crippen LogP contribution is 2.23. The summed E-state index contributed by atoms with van der Waals surface area (Å²) in [7, 11) is 1.29. The Morgan fingerprint density at radius 2 is 2.12 bits per heavy atom. The summed E-state index contributed by atoms with van der Waals surface area (Å²) in [6.45, 7) is 3.19. The van der Waals surface area contributed by atoms with Crippen LogP contribution < -0.4 is 5.32 Å². The van der Waals surface area contributed by atoms with Crippen molar-refractivity contribution in [3.8, 4) is 0 Å². The van der Waals surface area contributed by atoms with Crippen molar-refractivity contribution in [2.24, 2.45) is 0 Å². The van der Waals surface area contributed by atoms with Gasteiger partial charge in [-0.05, 0) is 41.2 Å². The van der Waals surface area contributed by atoms with E-state index in [9.17, 15) is 9.59 Å². The van der Waals surface area contributed by atoms with Gasteiger partial charge in [0, 0.05) is 4.47 Å². The Labute approximate surface area is 106 Å². The molecule has 0 aliphatic heterocycles. The Morgan fingerprint density at radius 1 is 1.50 bits per heavy atom. The third kappa shape index (κ3) is 2.82. The lowest BCUT2D eigenvalue weighted by atomic mass is 10.1. The molecule has 0 unspecified atom stereocenters. The molecule has 16 heavy (non-hydrogen) atoms. The second kappa shape index (κ2) is 4.97. The minimum Gasteiger partial charge on any atom is -0.467 e. The predicted molar refractivity (Wildman–Crippen MR) is 65.6 cm³/mol. The number of methoxy groups -OCH3 is 1. The molecule has 0 saturated heterocycles. The van der Waals surface area contributed by atoms with E-state index in [2.05, 4.69) is 26.0 Å². The maximum Gasteiger partial charge on any atom is 0.330 e. The number of thiophene rings is 1. The molecule has 1 amide bonds. The molecule has 1 aromatic rings. The molecule has 1 heterocycles. The Morgan fingerprint density at radius 3 is 2.56 bits per heavy atom. The number of carbonyl (C=O) groups is 2. The van der Waals surface area contributed by atoms with E-state index in [0.717, 1.165) is 4.47 Å². The van der Waals surface area contributed by atoms with Crippen LogP contribution in [0.1, 0.15) is 23.5 Å². The van der Waals surface area contributed by atoms with Crippen molar-refractivity contribution in [2.75, 3.05) is 7.11 Å². The Kier molecular flexibility index (Phi) is 4.09. The van der Waals surface area contributed by atoms with Crippen LogP contribution in [0.5, 0.6) is 0 Å². The number of halogens is 1. The Balaban J connectivity index is 2.79. The van der Waals surface area contributed by atoms with Gasteiger partial charge in [0.2, 0.25) is 0 Å². The van der Waals surface area contributed by atoms with E-state index in [1.54, 1.807) is 25.3 Å². The number of rotatable bonds is 3. The lowest BCUT2D eigenvalue weighted by Crippen LogP contribution is -2.50. The van der Waals surface area contributed by atoms with Gasteiger partial charge in [0.15, 0.2) is 0 Å². The molecule has 6 heteroatoms. The topological polar surface area (TPSA) is 55.4 Å². The molecule has 0 radical (unpaired) electrons. The van der Waals surface area contributed by atoms with Crippen LogP contribution in [-0.2, 0) is 9.53 Å². The molecule has 1 aromatic heterocycles. The maximum atomic E-state index is 11.8. The molecule has 4 nitrogen and oxygen atoms in total. The van der Waals surface area contributed by atoms with Crippen LogP contribution in [0, 0.1) is 0 Å². The average Bonchev–Trinajstić information content (AvgIpc) is 2.62. The molecule has 88 valence electrons. The van der Waals surface area contributed by atoms with Gasteiger partial charge in [0.25, 0.3) is 5.91 Å². The van der Waals surface area contributed by atoms with Gasteiger partial charge in [0.1, 0.15) is 10.4 Å². The number of nitrogens with one attached hydrogen (secondary N) is 1. The summed E-state index contributed by atoms with van der Waals surface area (Å²) in [5.74, 6) is -0.772.